The van der Waals surface area contributed by atoms with Gasteiger partial charge in [0.05, 0.1) is 37.1 Å². The summed E-state index contributed by atoms with van der Waals surface area (Å²) in [4.78, 5) is 93.1. The van der Waals surface area contributed by atoms with Crippen molar-refractivity contribution in [3.05, 3.63) is 235 Å². The summed E-state index contributed by atoms with van der Waals surface area (Å²) in [5, 5.41) is 17.3. The largest absolute Gasteiger partial charge is 0.483 e. The van der Waals surface area contributed by atoms with Crippen LogP contribution in [0.15, 0.2) is 143 Å². The number of nitrogens with one attached hydrogen (secondary N) is 6. The summed E-state index contributed by atoms with van der Waals surface area (Å²) in [7, 11) is 0. The van der Waals surface area contributed by atoms with Crippen LogP contribution in [0.1, 0.15) is 174 Å². The van der Waals surface area contributed by atoms with Crippen LogP contribution >= 0.6 is 69.6 Å². The van der Waals surface area contributed by atoms with Gasteiger partial charge in [-0.15, -0.1) is 0 Å². The van der Waals surface area contributed by atoms with E-state index in [9.17, 15) is 19.2 Å². The number of benzene rings is 6. The molecule has 17 nitrogen and oxygen atoms in total. The minimum Gasteiger partial charge on any atom is -0.483 e. The molecular weight excluding hydrogens is 1360 g/mol. The highest BCUT2D eigenvalue weighted by molar-refractivity contribution is 6.41. The quantitative estimate of drug-likeness (QED) is 0.0320. The van der Waals surface area contributed by atoms with Crippen molar-refractivity contribution in [3.63, 3.8) is 0 Å². The zero-order valence-corrected chi connectivity index (χ0v) is 60.4. The van der Waals surface area contributed by atoms with E-state index < -0.39 is 40.7 Å². The predicted octanol–water partition coefficient (Wildman–Crippen LogP) is 18.4. The second kappa shape index (κ2) is 29.8. The summed E-state index contributed by atoms with van der Waals surface area (Å²) >= 11 is 40.2. The van der Waals surface area contributed by atoms with Gasteiger partial charge in [0, 0.05) is 56.1 Å². The first-order valence-electron chi connectivity index (χ1n) is 31.7. The van der Waals surface area contributed by atoms with Crippen LogP contribution in [-0.4, -0.2) is 61.4 Å². The molecule has 9 rings (SSSR count). The first-order chi connectivity index (χ1) is 45.8. The van der Waals surface area contributed by atoms with Crippen molar-refractivity contribution < 1.29 is 28.7 Å². The molecule has 508 valence electrons. The van der Waals surface area contributed by atoms with Gasteiger partial charge in [-0.25, -0.2) is 9.36 Å². The van der Waals surface area contributed by atoms with Gasteiger partial charge in [-0.2, -0.15) is 0 Å². The number of ether oxygens (including phenoxy) is 2. The predicted molar refractivity (Wildman–Crippen MR) is 391 cm³/mol. The second-order valence-electron chi connectivity index (χ2n) is 26.4. The van der Waals surface area contributed by atoms with Crippen LogP contribution in [0.3, 0.4) is 0 Å². The molecule has 4 amide bonds. The molecule has 0 saturated heterocycles. The molecule has 3 aromatic heterocycles. The number of aromatic nitrogens is 5. The number of halogens is 6. The fourth-order valence-electron chi connectivity index (χ4n) is 11.0. The number of aromatic amines is 2. The molecule has 23 heteroatoms. The van der Waals surface area contributed by atoms with E-state index in [-0.39, 0.29) is 127 Å². The molecule has 0 unspecified atom stereocenters. The molecular formula is C74H77Cl6N9O8. The molecule has 6 aromatic carbocycles. The Hall–Kier alpha value is -8.29. The maximum Gasteiger partial charge on any atom is 0.277 e. The summed E-state index contributed by atoms with van der Waals surface area (Å²) in [6.45, 7) is 25.1. The average molecular weight is 1430 g/mol. The number of carbonyl (C=O) groups is 4. The van der Waals surface area contributed by atoms with Crippen molar-refractivity contribution in [1.29, 1.82) is 0 Å². The van der Waals surface area contributed by atoms with Gasteiger partial charge in [0.15, 0.2) is 13.2 Å². The van der Waals surface area contributed by atoms with Crippen LogP contribution in [0.5, 0.6) is 11.5 Å². The Kier molecular flexibility index (Phi) is 22.4. The number of amides is 4. The van der Waals surface area contributed by atoms with Crippen molar-refractivity contribution >= 4 is 116 Å². The number of pyridine rings is 1. The highest BCUT2D eigenvalue weighted by Gasteiger charge is 2.37. The molecule has 6 N–H and O–H groups in total. The lowest BCUT2D eigenvalue weighted by atomic mass is 9.76. The lowest BCUT2D eigenvalue weighted by Crippen LogP contribution is -2.27. The fraction of sp³-hybridized carbons (Fsp3) is 0.311. The third kappa shape index (κ3) is 16.2. The zero-order valence-electron chi connectivity index (χ0n) is 55.9. The van der Waals surface area contributed by atoms with E-state index in [1.807, 2.05) is 24.3 Å². The van der Waals surface area contributed by atoms with Gasteiger partial charge in [0.1, 0.15) is 34.5 Å². The van der Waals surface area contributed by atoms with Gasteiger partial charge < -0.3 is 30.7 Å². The zero-order chi connectivity index (χ0) is 70.6. The van der Waals surface area contributed by atoms with Gasteiger partial charge in [-0.05, 0) is 143 Å². The monoisotopic (exact) mass is 1430 g/mol. The Morgan fingerprint density at radius 2 is 0.866 bits per heavy atom. The first kappa shape index (κ1) is 73.0. The molecule has 0 saturated carbocycles. The van der Waals surface area contributed by atoms with E-state index in [1.54, 1.807) is 36.4 Å². The maximum absolute atomic E-state index is 15.7. The Morgan fingerprint density at radius 1 is 0.485 bits per heavy atom. The van der Waals surface area contributed by atoms with Crippen molar-refractivity contribution in [1.82, 2.24) is 24.5 Å². The van der Waals surface area contributed by atoms with Gasteiger partial charge in [-0.1, -0.05) is 195 Å². The summed E-state index contributed by atoms with van der Waals surface area (Å²) in [6.07, 6.45) is 6.35. The Balaban J connectivity index is 1.09. The Morgan fingerprint density at radius 3 is 1.22 bits per heavy atom. The van der Waals surface area contributed by atoms with E-state index >= 15 is 9.59 Å². The minimum atomic E-state index is -1.57. The number of H-pyrrole nitrogens is 2. The molecule has 0 bridgehead atoms. The lowest BCUT2D eigenvalue weighted by Gasteiger charge is -2.30. The first-order valence-corrected chi connectivity index (χ1v) is 34.0. The number of rotatable bonds is 25. The van der Waals surface area contributed by atoms with E-state index in [0.717, 1.165) is 57.3 Å². The van der Waals surface area contributed by atoms with E-state index in [2.05, 4.69) is 132 Å². The van der Waals surface area contributed by atoms with Crippen LogP contribution in [0.25, 0.3) is 11.4 Å². The van der Waals surface area contributed by atoms with Crippen molar-refractivity contribution in [2.75, 3.05) is 34.5 Å². The highest BCUT2D eigenvalue weighted by atomic mass is 35.5. The van der Waals surface area contributed by atoms with Crippen molar-refractivity contribution in [2.24, 2.45) is 0 Å². The summed E-state index contributed by atoms with van der Waals surface area (Å²) in [5.74, 6) is -3.58. The second-order valence-corrected chi connectivity index (χ2v) is 28.9. The summed E-state index contributed by atoms with van der Waals surface area (Å²) in [6, 6.07) is 32.9. The molecule has 9 aromatic rings. The van der Waals surface area contributed by atoms with Gasteiger partial charge in [0.25, 0.3) is 34.7 Å². The molecule has 0 atom stereocenters. The smallest absolute Gasteiger partial charge is 0.277 e. The Labute approximate surface area is 593 Å². The highest BCUT2D eigenvalue weighted by Crippen LogP contribution is 2.43. The number of anilines is 4. The van der Waals surface area contributed by atoms with Crippen LogP contribution < -0.4 is 41.9 Å². The van der Waals surface area contributed by atoms with Gasteiger partial charge >= 0.3 is 0 Å². The minimum absolute atomic E-state index is 0.0150. The number of hydrogen-bond donors (Lipinski definition) is 6. The van der Waals surface area contributed by atoms with Crippen molar-refractivity contribution in [2.45, 2.75) is 136 Å². The van der Waals surface area contributed by atoms with Crippen LogP contribution in [0.2, 0.25) is 30.1 Å². The van der Waals surface area contributed by atoms with E-state index in [4.69, 9.17) is 79.1 Å². The van der Waals surface area contributed by atoms with Crippen LogP contribution in [-0.2, 0) is 31.2 Å². The SMILES string of the molecule is CCC(C)(C)c1ccc(OCC(=O)Nc2cccc(C(=O)Nc3[nH]n(-c4c(Cl)cc(Cl)cc4Cl)c(=O)c3C(c3cccnc3)c3c(NC(=O)c4cccc(NC(=O)COc5ccc(C(C)(C)CC)cc5C(C)(C)CC)c4)[nH]n(-c4c(Cl)cc(Cl)cc4Cl)c3=O)c2)c(C(C)(C)CC)c1. The lowest BCUT2D eigenvalue weighted by molar-refractivity contribution is -0.118. The molecule has 0 aliphatic carbocycles. The number of nitrogens with zero attached hydrogens (tertiary/aromatic N) is 3. The third-order valence-electron chi connectivity index (χ3n) is 18.4. The summed E-state index contributed by atoms with van der Waals surface area (Å²) < 4.78 is 14.4. The van der Waals surface area contributed by atoms with Crippen LogP contribution in [0, 0.1) is 0 Å². The topological polar surface area (TPSA) is 223 Å². The normalized spacial score (nSPS) is 12.0. The third-order valence-corrected chi connectivity index (χ3v) is 20.0. The van der Waals surface area contributed by atoms with E-state index in [0.29, 0.717) is 11.5 Å². The maximum atomic E-state index is 15.7. The number of hydrogen-bond acceptors (Lipinski definition) is 9. The molecule has 0 aliphatic rings. The molecule has 0 spiro atoms. The van der Waals surface area contributed by atoms with Crippen LogP contribution in [0.4, 0.5) is 23.0 Å². The van der Waals surface area contributed by atoms with E-state index in [1.165, 1.54) is 60.9 Å². The fourth-order valence-corrected chi connectivity index (χ4v) is 13.0. The average Bonchev–Trinajstić information content (AvgIpc) is 1.60. The summed E-state index contributed by atoms with van der Waals surface area (Å²) in [5.41, 5.74) is 1.70. The molecule has 0 radical (unpaired) electrons. The molecule has 0 fully saturated rings. The van der Waals surface area contributed by atoms with Gasteiger partial charge in [0.2, 0.25) is 0 Å². The Bertz CT molecular complexity index is 4290. The standard InChI is InChI=1S/C74H77Cl6N9O8/c1-13-71(5,6)44-25-27-56(50(32-44)73(9,10)15-3)96-39-58(90)82-48-23-17-20-41(30-48)67(92)84-65-61(69(94)88(86-65)63-52(77)34-46(75)35-53(63)78)60(43-22-19-29-81-38-43)62-66(87-89(70(62)95)64-54(79)36-47(76)37-55(64)80)85-68(93)42-21-18-24-49(31-42)83-59(91)40-97-57-28-26-45(72(7,8)14-2)33-51(57)74(11,12)16-4/h17-38,60,86-87H,13-16,39-40H2,1-12H3,(H,82,90)(H,83,91)(H,84,92)(H,85,93). The van der Waals surface area contributed by atoms with Gasteiger partial charge in [-0.3, -0.25) is 43.9 Å². The molecule has 0 aliphatic heterocycles. The molecule has 3 heterocycles. The number of carbonyl (C=O) groups excluding carboxylic acids is 4. The van der Waals surface area contributed by atoms with Crippen molar-refractivity contribution in [3.8, 4) is 22.9 Å². The molecule has 97 heavy (non-hydrogen) atoms.